The van der Waals surface area contributed by atoms with Gasteiger partial charge in [-0.25, -0.2) is 19.6 Å². The summed E-state index contributed by atoms with van der Waals surface area (Å²) in [6, 6.07) is 15.5. The SMILES string of the molecule is O=C(O)c1nc(-c2ccccc2)oc1C(F)(F)F.O=C(O)c1nc(-c2ccccc2)oc1C(F)(F)F. The molecular weight excluding hydrogens is 502 g/mol. The molecule has 4 aromatic rings. The molecule has 0 bridgehead atoms. The van der Waals surface area contributed by atoms with Gasteiger partial charge in [0, 0.05) is 11.1 Å². The third-order valence-corrected chi connectivity index (χ3v) is 4.22. The van der Waals surface area contributed by atoms with Gasteiger partial charge in [0.05, 0.1) is 0 Å². The van der Waals surface area contributed by atoms with Crippen molar-refractivity contribution in [2.45, 2.75) is 12.4 Å². The van der Waals surface area contributed by atoms with E-state index < -0.39 is 47.2 Å². The van der Waals surface area contributed by atoms with Crippen molar-refractivity contribution in [1.82, 2.24) is 9.97 Å². The van der Waals surface area contributed by atoms with Crippen molar-refractivity contribution in [3.8, 4) is 22.9 Å². The fourth-order valence-corrected chi connectivity index (χ4v) is 2.72. The Labute approximate surface area is 196 Å². The van der Waals surface area contributed by atoms with Crippen LogP contribution in [0.3, 0.4) is 0 Å². The van der Waals surface area contributed by atoms with Crippen LogP contribution in [0.1, 0.15) is 32.5 Å². The van der Waals surface area contributed by atoms with Gasteiger partial charge in [0.25, 0.3) is 0 Å². The number of carbonyl (C=O) groups is 2. The van der Waals surface area contributed by atoms with Gasteiger partial charge in [-0.05, 0) is 24.3 Å². The van der Waals surface area contributed by atoms with E-state index in [1.807, 2.05) is 0 Å². The number of aromatic nitrogens is 2. The molecular formula is C22H12F6N2O6. The zero-order valence-corrected chi connectivity index (χ0v) is 17.5. The molecule has 0 radical (unpaired) electrons. The summed E-state index contributed by atoms with van der Waals surface area (Å²) in [5, 5.41) is 17.3. The summed E-state index contributed by atoms with van der Waals surface area (Å²) in [4.78, 5) is 28.1. The third kappa shape index (κ3) is 5.89. The second-order valence-electron chi connectivity index (χ2n) is 6.73. The first kappa shape index (κ1) is 26.0. The summed E-state index contributed by atoms with van der Waals surface area (Å²) in [5.74, 6) is -7.52. The third-order valence-electron chi connectivity index (χ3n) is 4.22. The summed E-state index contributed by atoms with van der Waals surface area (Å²) in [7, 11) is 0. The second kappa shape index (κ2) is 9.93. The maximum Gasteiger partial charge on any atom is 0.452 e. The highest BCUT2D eigenvalue weighted by atomic mass is 19.4. The minimum atomic E-state index is -4.90. The molecule has 0 aliphatic rings. The summed E-state index contributed by atoms with van der Waals surface area (Å²) >= 11 is 0. The van der Waals surface area contributed by atoms with Gasteiger partial charge in [0.15, 0.2) is 11.4 Å². The standard InChI is InChI=1S/2C11H6F3NO3/c2*12-11(13,14)8-7(10(16)17)15-9(18-8)6-4-2-1-3-5-6/h2*1-5H,(H,16,17). The van der Waals surface area contributed by atoms with Crippen molar-refractivity contribution in [1.29, 1.82) is 0 Å². The topological polar surface area (TPSA) is 127 Å². The molecule has 8 nitrogen and oxygen atoms in total. The lowest BCUT2D eigenvalue weighted by atomic mass is 10.2. The number of hydrogen-bond donors (Lipinski definition) is 2. The van der Waals surface area contributed by atoms with E-state index in [1.165, 1.54) is 24.3 Å². The Kier molecular flexibility index (Phi) is 7.17. The van der Waals surface area contributed by atoms with Crippen LogP contribution in [0.15, 0.2) is 69.5 Å². The zero-order valence-electron chi connectivity index (χ0n) is 17.5. The first-order valence-electron chi connectivity index (χ1n) is 9.52. The number of carboxylic acids is 2. The number of nitrogens with zero attached hydrogens (tertiary/aromatic N) is 2. The van der Waals surface area contributed by atoms with Crippen LogP contribution in [0, 0.1) is 0 Å². The number of aromatic carboxylic acids is 2. The quantitative estimate of drug-likeness (QED) is 0.312. The molecule has 0 atom stereocenters. The maximum absolute atomic E-state index is 12.5. The van der Waals surface area contributed by atoms with Crippen molar-refractivity contribution in [2.24, 2.45) is 0 Å². The van der Waals surface area contributed by atoms with E-state index in [-0.39, 0.29) is 22.9 Å². The number of hydrogen-bond acceptors (Lipinski definition) is 6. The predicted molar refractivity (Wildman–Crippen MR) is 108 cm³/mol. The van der Waals surface area contributed by atoms with E-state index in [9.17, 15) is 35.9 Å². The minimum absolute atomic E-state index is 0.274. The van der Waals surface area contributed by atoms with E-state index in [0.717, 1.165) is 0 Å². The Hall–Kier alpha value is -4.62. The van der Waals surface area contributed by atoms with Crippen molar-refractivity contribution < 1.29 is 55.0 Å². The fourth-order valence-electron chi connectivity index (χ4n) is 2.72. The van der Waals surface area contributed by atoms with Gasteiger partial charge in [-0.1, -0.05) is 36.4 Å². The summed E-state index contributed by atoms with van der Waals surface area (Å²) < 4.78 is 84.3. The minimum Gasteiger partial charge on any atom is -0.476 e. The van der Waals surface area contributed by atoms with Gasteiger partial charge < -0.3 is 19.0 Å². The molecule has 188 valence electrons. The molecule has 4 rings (SSSR count). The molecule has 2 heterocycles. The molecule has 0 unspecified atom stereocenters. The highest BCUT2D eigenvalue weighted by Gasteiger charge is 2.43. The van der Waals surface area contributed by atoms with Gasteiger partial charge in [-0.15, -0.1) is 0 Å². The highest BCUT2D eigenvalue weighted by molar-refractivity contribution is 5.88. The number of oxazole rings is 2. The van der Waals surface area contributed by atoms with Gasteiger partial charge in [-0.2, -0.15) is 26.3 Å². The average molecular weight is 514 g/mol. The molecule has 0 amide bonds. The lowest BCUT2D eigenvalue weighted by molar-refractivity contribution is -0.153. The van der Waals surface area contributed by atoms with E-state index in [1.54, 1.807) is 36.4 Å². The lowest BCUT2D eigenvalue weighted by Gasteiger charge is -2.01. The maximum atomic E-state index is 12.5. The van der Waals surface area contributed by atoms with E-state index in [2.05, 4.69) is 18.8 Å². The number of carboxylic acid groups (broad SMARTS) is 2. The van der Waals surface area contributed by atoms with Crippen molar-refractivity contribution in [2.75, 3.05) is 0 Å². The Morgan fingerprint density at radius 3 is 1.14 bits per heavy atom. The second-order valence-corrected chi connectivity index (χ2v) is 6.73. The Bertz CT molecular complexity index is 1260. The molecule has 0 spiro atoms. The smallest absolute Gasteiger partial charge is 0.452 e. The summed E-state index contributed by atoms with van der Waals surface area (Å²) in [6.45, 7) is 0. The Morgan fingerprint density at radius 2 is 0.917 bits per heavy atom. The molecule has 36 heavy (non-hydrogen) atoms. The van der Waals surface area contributed by atoms with E-state index >= 15 is 0 Å². The van der Waals surface area contributed by atoms with Crippen LogP contribution in [0.25, 0.3) is 22.9 Å². The summed E-state index contributed by atoms with van der Waals surface area (Å²) in [5.41, 5.74) is -1.73. The van der Waals surface area contributed by atoms with Crippen molar-refractivity contribution >= 4 is 11.9 Å². The van der Waals surface area contributed by atoms with Crippen LogP contribution in [-0.2, 0) is 12.4 Å². The van der Waals surface area contributed by atoms with Crippen molar-refractivity contribution in [3.05, 3.63) is 83.6 Å². The average Bonchev–Trinajstić information content (AvgIpc) is 3.46. The first-order valence-corrected chi connectivity index (χ1v) is 9.52. The van der Waals surface area contributed by atoms with Crippen LogP contribution in [0.4, 0.5) is 26.3 Å². The largest absolute Gasteiger partial charge is 0.476 e. The highest BCUT2D eigenvalue weighted by Crippen LogP contribution is 2.36. The molecule has 2 aromatic carbocycles. The van der Waals surface area contributed by atoms with Crippen LogP contribution in [0.2, 0.25) is 0 Å². The van der Waals surface area contributed by atoms with Crippen LogP contribution in [-0.4, -0.2) is 32.1 Å². The number of alkyl halides is 6. The normalized spacial score (nSPS) is 11.5. The van der Waals surface area contributed by atoms with Gasteiger partial charge in [0.2, 0.25) is 23.3 Å². The zero-order chi connectivity index (χ0) is 26.7. The van der Waals surface area contributed by atoms with E-state index in [0.29, 0.717) is 0 Å². The lowest BCUT2D eigenvalue weighted by Crippen LogP contribution is -2.10. The molecule has 0 aliphatic heterocycles. The molecule has 2 aromatic heterocycles. The Balaban J connectivity index is 0.000000201. The predicted octanol–water partition coefficient (Wildman–Crippen LogP) is 6.12. The first-order chi connectivity index (χ1) is 16.8. The molecule has 14 heteroatoms. The monoisotopic (exact) mass is 514 g/mol. The van der Waals surface area contributed by atoms with Crippen molar-refractivity contribution in [3.63, 3.8) is 0 Å². The summed E-state index contributed by atoms with van der Waals surface area (Å²) in [6.07, 6.45) is -9.79. The number of halogens is 6. The Morgan fingerprint density at radius 1 is 0.611 bits per heavy atom. The number of benzene rings is 2. The van der Waals surface area contributed by atoms with E-state index in [4.69, 9.17) is 10.2 Å². The molecule has 0 aliphatic carbocycles. The van der Waals surface area contributed by atoms with Gasteiger partial charge in [-0.3, -0.25) is 0 Å². The van der Waals surface area contributed by atoms with Crippen LogP contribution < -0.4 is 0 Å². The fraction of sp³-hybridized carbons (Fsp3) is 0.0909. The van der Waals surface area contributed by atoms with Crippen LogP contribution in [0.5, 0.6) is 0 Å². The molecule has 0 fully saturated rings. The van der Waals surface area contributed by atoms with Crippen LogP contribution >= 0.6 is 0 Å². The molecule has 0 saturated carbocycles. The van der Waals surface area contributed by atoms with Gasteiger partial charge >= 0.3 is 24.3 Å². The number of rotatable bonds is 4. The molecule has 0 saturated heterocycles. The molecule has 2 N–H and O–H groups in total. The van der Waals surface area contributed by atoms with Gasteiger partial charge in [0.1, 0.15) is 0 Å².